The molecule has 20 heavy (non-hydrogen) atoms. The van der Waals surface area contributed by atoms with Crippen molar-refractivity contribution in [1.82, 2.24) is 10.6 Å². The number of benzene rings is 1. The number of amides is 4. The van der Waals surface area contributed by atoms with Crippen LogP contribution in [0.4, 0.5) is 4.79 Å². The molecule has 6 heteroatoms. The third kappa shape index (κ3) is 3.23. The number of hydrogen-bond donors (Lipinski definition) is 2. The average Bonchev–Trinajstić information content (AvgIpc) is 2.35. The Bertz CT molecular complexity index is 566. The summed E-state index contributed by atoms with van der Waals surface area (Å²) < 4.78 is 5.49. The van der Waals surface area contributed by atoms with Gasteiger partial charge in [0.15, 0.2) is 0 Å². The Morgan fingerprint density at radius 2 is 1.55 bits per heavy atom. The van der Waals surface area contributed by atoms with Gasteiger partial charge in [0.2, 0.25) is 0 Å². The Labute approximate surface area is 115 Å². The van der Waals surface area contributed by atoms with E-state index in [1.165, 1.54) is 6.08 Å². The molecule has 1 aliphatic rings. The van der Waals surface area contributed by atoms with Crippen molar-refractivity contribution in [1.29, 1.82) is 0 Å². The van der Waals surface area contributed by atoms with Crippen molar-refractivity contribution < 1.29 is 19.1 Å². The maximum absolute atomic E-state index is 11.5. The minimum Gasteiger partial charge on any atom is -0.491 e. The van der Waals surface area contributed by atoms with E-state index in [0.29, 0.717) is 11.3 Å². The largest absolute Gasteiger partial charge is 0.491 e. The molecule has 104 valence electrons. The molecule has 0 aliphatic carbocycles. The van der Waals surface area contributed by atoms with Crippen LogP contribution in [0.5, 0.6) is 5.75 Å². The van der Waals surface area contributed by atoms with E-state index in [4.69, 9.17) is 4.74 Å². The summed E-state index contributed by atoms with van der Waals surface area (Å²) in [6.45, 7) is 3.84. The van der Waals surface area contributed by atoms with E-state index in [9.17, 15) is 14.4 Å². The number of nitrogens with one attached hydrogen (secondary N) is 2. The molecule has 1 aromatic rings. The molecule has 0 aromatic heterocycles. The van der Waals surface area contributed by atoms with E-state index in [1.807, 2.05) is 24.5 Å². The van der Waals surface area contributed by atoms with E-state index < -0.39 is 17.8 Å². The molecule has 1 aromatic carbocycles. The number of hydrogen-bond acceptors (Lipinski definition) is 4. The van der Waals surface area contributed by atoms with Crippen LogP contribution in [0.25, 0.3) is 6.08 Å². The highest BCUT2D eigenvalue weighted by molar-refractivity contribution is 6.31. The van der Waals surface area contributed by atoms with Crippen molar-refractivity contribution in [2.75, 3.05) is 0 Å². The Morgan fingerprint density at radius 3 is 2.05 bits per heavy atom. The van der Waals surface area contributed by atoms with E-state index in [0.717, 1.165) is 0 Å². The fourth-order valence-electron chi connectivity index (χ4n) is 1.69. The molecule has 6 nitrogen and oxygen atoms in total. The topological polar surface area (TPSA) is 84.5 Å². The molecule has 2 rings (SSSR count). The zero-order valence-corrected chi connectivity index (χ0v) is 11.1. The van der Waals surface area contributed by atoms with Crippen LogP contribution in [-0.2, 0) is 9.59 Å². The Hall–Kier alpha value is -2.63. The zero-order chi connectivity index (χ0) is 14.7. The van der Waals surface area contributed by atoms with Crippen molar-refractivity contribution in [3.63, 3.8) is 0 Å². The number of rotatable bonds is 3. The fraction of sp³-hybridized carbons (Fsp3) is 0.214. The summed E-state index contributed by atoms with van der Waals surface area (Å²) in [4.78, 5) is 34.0. The minimum absolute atomic E-state index is 0.0696. The van der Waals surface area contributed by atoms with E-state index in [1.54, 1.807) is 24.3 Å². The summed E-state index contributed by atoms with van der Waals surface area (Å²) in [5.41, 5.74) is 0.554. The van der Waals surface area contributed by atoms with E-state index >= 15 is 0 Å². The lowest BCUT2D eigenvalue weighted by atomic mass is 10.1. The van der Waals surface area contributed by atoms with Crippen LogP contribution in [0.2, 0.25) is 0 Å². The van der Waals surface area contributed by atoms with Gasteiger partial charge in [-0.1, -0.05) is 12.1 Å². The van der Waals surface area contributed by atoms with Gasteiger partial charge in [-0.2, -0.15) is 0 Å². The molecule has 4 amide bonds. The normalized spacial score (nSPS) is 14.9. The Kier molecular flexibility index (Phi) is 3.84. The number of barbiturate groups is 1. The lowest BCUT2D eigenvalue weighted by Gasteiger charge is -2.14. The summed E-state index contributed by atoms with van der Waals surface area (Å²) in [6.07, 6.45) is 1.48. The number of imide groups is 2. The maximum Gasteiger partial charge on any atom is 0.328 e. The number of ether oxygens (including phenoxy) is 1. The van der Waals surface area contributed by atoms with Crippen LogP contribution in [0.3, 0.4) is 0 Å². The summed E-state index contributed by atoms with van der Waals surface area (Å²) >= 11 is 0. The third-order valence-corrected chi connectivity index (χ3v) is 2.51. The van der Waals surface area contributed by atoms with Gasteiger partial charge < -0.3 is 4.74 Å². The van der Waals surface area contributed by atoms with Gasteiger partial charge in [0.05, 0.1) is 6.10 Å². The predicted octanol–water partition coefficient (Wildman–Crippen LogP) is 1.22. The molecule has 0 unspecified atom stereocenters. The van der Waals surface area contributed by atoms with Crippen molar-refractivity contribution >= 4 is 23.9 Å². The molecular formula is C14H14N2O4. The molecular weight excluding hydrogens is 260 g/mol. The summed E-state index contributed by atoms with van der Waals surface area (Å²) in [5.74, 6) is -0.711. The van der Waals surface area contributed by atoms with Crippen LogP contribution in [0, 0.1) is 0 Å². The Morgan fingerprint density at radius 1 is 1.00 bits per heavy atom. The van der Waals surface area contributed by atoms with Crippen LogP contribution in [0.15, 0.2) is 29.8 Å². The molecule has 0 spiro atoms. The first kappa shape index (κ1) is 13.8. The summed E-state index contributed by atoms with van der Waals surface area (Å²) in [5, 5.41) is 4.03. The van der Waals surface area contributed by atoms with Gasteiger partial charge in [-0.3, -0.25) is 20.2 Å². The quantitative estimate of drug-likeness (QED) is 0.641. The molecule has 1 aliphatic heterocycles. The van der Waals surface area contributed by atoms with Gasteiger partial charge >= 0.3 is 6.03 Å². The first-order valence-electron chi connectivity index (χ1n) is 6.11. The van der Waals surface area contributed by atoms with Crippen LogP contribution in [-0.4, -0.2) is 23.9 Å². The Balaban J connectivity index is 2.19. The number of carbonyl (C=O) groups excluding carboxylic acids is 3. The van der Waals surface area contributed by atoms with Crippen LogP contribution < -0.4 is 15.4 Å². The van der Waals surface area contributed by atoms with E-state index in [-0.39, 0.29) is 11.7 Å². The first-order valence-corrected chi connectivity index (χ1v) is 6.11. The van der Waals surface area contributed by atoms with Crippen molar-refractivity contribution in [3.05, 3.63) is 35.4 Å². The minimum atomic E-state index is -0.808. The van der Waals surface area contributed by atoms with Gasteiger partial charge in [-0.15, -0.1) is 0 Å². The van der Waals surface area contributed by atoms with Gasteiger partial charge in [-0.25, -0.2) is 4.79 Å². The summed E-state index contributed by atoms with van der Waals surface area (Å²) in [6, 6.07) is 6.13. The molecule has 0 atom stereocenters. The first-order chi connectivity index (χ1) is 9.45. The second-order valence-electron chi connectivity index (χ2n) is 4.53. The van der Waals surface area contributed by atoms with Gasteiger partial charge in [-0.05, 0) is 37.6 Å². The predicted molar refractivity (Wildman–Crippen MR) is 71.9 cm³/mol. The highest BCUT2D eigenvalue weighted by atomic mass is 16.5. The summed E-state index contributed by atoms with van der Waals surface area (Å²) in [7, 11) is 0. The molecule has 1 heterocycles. The van der Waals surface area contributed by atoms with Gasteiger partial charge in [0.25, 0.3) is 11.8 Å². The zero-order valence-electron chi connectivity index (χ0n) is 11.1. The molecule has 0 radical (unpaired) electrons. The maximum atomic E-state index is 11.5. The smallest absolute Gasteiger partial charge is 0.328 e. The van der Waals surface area contributed by atoms with E-state index in [2.05, 4.69) is 0 Å². The molecule has 1 saturated heterocycles. The molecule has 0 saturated carbocycles. The molecule has 2 N–H and O–H groups in total. The van der Waals surface area contributed by atoms with Gasteiger partial charge in [0.1, 0.15) is 11.3 Å². The molecule has 0 bridgehead atoms. The van der Waals surface area contributed by atoms with Gasteiger partial charge in [0, 0.05) is 0 Å². The van der Waals surface area contributed by atoms with Crippen molar-refractivity contribution in [2.24, 2.45) is 0 Å². The van der Waals surface area contributed by atoms with Crippen molar-refractivity contribution in [2.45, 2.75) is 20.0 Å². The lowest BCUT2D eigenvalue weighted by molar-refractivity contribution is -0.123. The van der Waals surface area contributed by atoms with Crippen molar-refractivity contribution in [3.8, 4) is 5.75 Å². The molecule has 1 fully saturated rings. The standard InChI is InChI=1S/C14H14N2O4/c1-8(2)20-10-5-3-9(4-6-10)7-11-12(17)15-14(19)16-13(11)18/h3-8H,1-2H3,(H2,15,16,17,18,19). The highest BCUT2D eigenvalue weighted by Gasteiger charge is 2.27. The number of carbonyl (C=O) groups is 3. The second-order valence-corrected chi connectivity index (χ2v) is 4.53. The van der Waals surface area contributed by atoms with Crippen LogP contribution >= 0.6 is 0 Å². The van der Waals surface area contributed by atoms with Crippen LogP contribution in [0.1, 0.15) is 19.4 Å². The lowest BCUT2D eigenvalue weighted by Crippen LogP contribution is -2.51. The average molecular weight is 274 g/mol. The monoisotopic (exact) mass is 274 g/mol. The highest BCUT2D eigenvalue weighted by Crippen LogP contribution is 2.16. The fourth-order valence-corrected chi connectivity index (χ4v) is 1.69. The second kappa shape index (κ2) is 5.56. The SMILES string of the molecule is CC(C)Oc1ccc(C=C2C(=O)NC(=O)NC2=O)cc1. The third-order valence-electron chi connectivity index (χ3n) is 2.51. The number of urea groups is 1.